The fourth-order valence-corrected chi connectivity index (χ4v) is 3.57. The van der Waals surface area contributed by atoms with Crippen molar-refractivity contribution in [2.75, 3.05) is 24.6 Å². The van der Waals surface area contributed by atoms with E-state index < -0.39 is 11.7 Å². The van der Waals surface area contributed by atoms with Crippen LogP contribution in [0, 0.1) is 5.92 Å². The smallest absolute Gasteiger partial charge is 0.408 e. The third-order valence-corrected chi connectivity index (χ3v) is 5.65. The normalized spacial score (nSPS) is 17.3. The number of anilines is 1. The van der Waals surface area contributed by atoms with Gasteiger partial charge in [0.15, 0.2) is 0 Å². The molecule has 2 aromatic carbocycles. The molecule has 0 radical (unpaired) electrons. The standard InChI is InChI=1S/C26H34N2O4/c1-18(27-25(29)32-26(2,3)4)20-7-9-21(10-8-20)28-15-24(16-28)31-23-13-11-22(12-14-23)30-17-19-5-6-19/h7-14,18-19,24H,5-6,15-17H2,1-4H3,(H,27,29)/t18-/m0/s1. The molecule has 4 rings (SSSR count). The molecule has 1 heterocycles. The van der Waals surface area contributed by atoms with Crippen molar-refractivity contribution < 1.29 is 19.0 Å². The van der Waals surface area contributed by atoms with Gasteiger partial charge in [-0.3, -0.25) is 0 Å². The first kappa shape index (κ1) is 22.3. The second kappa shape index (κ2) is 9.31. The maximum Gasteiger partial charge on any atom is 0.408 e. The van der Waals surface area contributed by atoms with Crippen molar-refractivity contribution in [3.63, 3.8) is 0 Å². The van der Waals surface area contributed by atoms with Gasteiger partial charge in [0.25, 0.3) is 0 Å². The Labute approximate surface area is 190 Å². The Morgan fingerprint density at radius 2 is 1.66 bits per heavy atom. The summed E-state index contributed by atoms with van der Waals surface area (Å²) in [6.45, 7) is 10.1. The van der Waals surface area contributed by atoms with Crippen molar-refractivity contribution in [1.29, 1.82) is 0 Å². The second-order valence-electron chi connectivity index (χ2n) is 9.83. The van der Waals surface area contributed by atoms with E-state index in [1.165, 1.54) is 12.8 Å². The van der Waals surface area contributed by atoms with Crippen molar-refractivity contribution in [1.82, 2.24) is 5.32 Å². The molecule has 1 saturated carbocycles. The van der Waals surface area contributed by atoms with Crippen LogP contribution in [0.2, 0.25) is 0 Å². The Morgan fingerprint density at radius 1 is 1.03 bits per heavy atom. The van der Waals surface area contributed by atoms with E-state index >= 15 is 0 Å². The molecule has 172 valence electrons. The highest BCUT2D eigenvalue weighted by Crippen LogP contribution is 2.30. The van der Waals surface area contributed by atoms with Crippen molar-refractivity contribution >= 4 is 11.8 Å². The highest BCUT2D eigenvalue weighted by atomic mass is 16.6. The first-order chi connectivity index (χ1) is 15.2. The number of nitrogens with zero attached hydrogens (tertiary/aromatic N) is 1. The zero-order chi connectivity index (χ0) is 22.7. The van der Waals surface area contributed by atoms with Crippen LogP contribution in [0.5, 0.6) is 11.5 Å². The van der Waals surface area contributed by atoms with E-state index in [1.54, 1.807) is 0 Å². The first-order valence-electron chi connectivity index (χ1n) is 11.5. The maximum absolute atomic E-state index is 12.0. The number of amides is 1. The van der Waals surface area contributed by atoms with Gasteiger partial charge in [0, 0.05) is 5.69 Å². The van der Waals surface area contributed by atoms with Crippen molar-refractivity contribution in [3.05, 3.63) is 54.1 Å². The fourth-order valence-electron chi connectivity index (χ4n) is 3.57. The topological polar surface area (TPSA) is 60.0 Å². The molecule has 6 nitrogen and oxygen atoms in total. The number of carbonyl (C=O) groups excluding carboxylic acids is 1. The van der Waals surface area contributed by atoms with Crippen LogP contribution in [-0.4, -0.2) is 37.5 Å². The van der Waals surface area contributed by atoms with Gasteiger partial charge in [0.05, 0.1) is 25.7 Å². The molecule has 2 fully saturated rings. The minimum absolute atomic E-state index is 0.123. The molecule has 6 heteroatoms. The fraction of sp³-hybridized carbons (Fsp3) is 0.500. The van der Waals surface area contributed by atoms with Gasteiger partial charge in [-0.15, -0.1) is 0 Å². The molecule has 1 saturated heterocycles. The molecule has 0 bridgehead atoms. The predicted molar refractivity (Wildman–Crippen MR) is 126 cm³/mol. The zero-order valence-corrected chi connectivity index (χ0v) is 19.5. The summed E-state index contributed by atoms with van der Waals surface area (Å²) in [6.07, 6.45) is 2.37. The highest BCUT2D eigenvalue weighted by molar-refractivity contribution is 5.68. The average molecular weight is 439 g/mol. The molecule has 0 spiro atoms. The first-order valence-corrected chi connectivity index (χ1v) is 11.5. The lowest BCUT2D eigenvalue weighted by molar-refractivity contribution is 0.0508. The van der Waals surface area contributed by atoms with E-state index in [9.17, 15) is 4.79 Å². The van der Waals surface area contributed by atoms with Crippen LogP contribution in [0.15, 0.2) is 48.5 Å². The summed E-state index contributed by atoms with van der Waals surface area (Å²) in [7, 11) is 0. The van der Waals surface area contributed by atoms with Gasteiger partial charge in [0.1, 0.15) is 23.2 Å². The summed E-state index contributed by atoms with van der Waals surface area (Å²) in [5.74, 6) is 2.55. The van der Waals surface area contributed by atoms with Crippen LogP contribution >= 0.6 is 0 Å². The minimum Gasteiger partial charge on any atom is -0.493 e. The van der Waals surface area contributed by atoms with Gasteiger partial charge in [-0.2, -0.15) is 0 Å². The molecule has 1 N–H and O–H groups in total. The monoisotopic (exact) mass is 438 g/mol. The Balaban J connectivity index is 1.21. The minimum atomic E-state index is -0.504. The Morgan fingerprint density at radius 3 is 2.25 bits per heavy atom. The Kier molecular flexibility index (Phi) is 6.49. The molecule has 1 aliphatic heterocycles. The number of hydrogen-bond acceptors (Lipinski definition) is 5. The highest BCUT2D eigenvalue weighted by Gasteiger charge is 2.29. The largest absolute Gasteiger partial charge is 0.493 e. The van der Waals surface area contributed by atoms with Crippen LogP contribution in [0.3, 0.4) is 0 Å². The summed E-state index contributed by atoms with van der Waals surface area (Å²) in [4.78, 5) is 14.3. The summed E-state index contributed by atoms with van der Waals surface area (Å²) < 4.78 is 17.2. The van der Waals surface area contributed by atoms with Gasteiger partial charge < -0.3 is 24.4 Å². The van der Waals surface area contributed by atoms with Gasteiger partial charge >= 0.3 is 6.09 Å². The van der Waals surface area contributed by atoms with E-state index in [0.717, 1.165) is 48.4 Å². The van der Waals surface area contributed by atoms with Gasteiger partial charge in [0.2, 0.25) is 0 Å². The van der Waals surface area contributed by atoms with Crippen LogP contribution < -0.4 is 19.7 Å². The molecule has 32 heavy (non-hydrogen) atoms. The summed E-state index contributed by atoms with van der Waals surface area (Å²) in [5.41, 5.74) is 1.69. The number of benzene rings is 2. The summed E-state index contributed by atoms with van der Waals surface area (Å²) in [5, 5.41) is 2.88. The molecule has 0 aromatic heterocycles. The Hall–Kier alpha value is -2.89. The summed E-state index contributed by atoms with van der Waals surface area (Å²) >= 11 is 0. The molecule has 2 aromatic rings. The lowest BCUT2D eigenvalue weighted by atomic mass is 10.1. The molecule has 1 amide bonds. The van der Waals surface area contributed by atoms with E-state index in [0.29, 0.717) is 0 Å². The number of alkyl carbamates (subject to hydrolysis) is 1. The van der Waals surface area contributed by atoms with E-state index in [2.05, 4.69) is 22.3 Å². The lowest BCUT2D eigenvalue weighted by Gasteiger charge is -2.40. The quantitative estimate of drug-likeness (QED) is 0.604. The second-order valence-corrected chi connectivity index (χ2v) is 9.83. The molecular weight excluding hydrogens is 404 g/mol. The van der Waals surface area contributed by atoms with E-state index in [1.807, 2.05) is 64.1 Å². The predicted octanol–water partition coefficient (Wildman–Crippen LogP) is 5.33. The van der Waals surface area contributed by atoms with Crippen LogP contribution in [0.4, 0.5) is 10.5 Å². The van der Waals surface area contributed by atoms with Crippen LogP contribution in [0.1, 0.15) is 52.1 Å². The van der Waals surface area contributed by atoms with Gasteiger partial charge in [-0.1, -0.05) is 12.1 Å². The molecular formula is C26H34N2O4. The number of ether oxygens (including phenoxy) is 3. The maximum atomic E-state index is 12.0. The SMILES string of the molecule is C[C@H](NC(=O)OC(C)(C)C)c1ccc(N2CC(Oc3ccc(OCC4CC4)cc3)C2)cc1. The third kappa shape index (κ3) is 6.31. The molecule has 1 aliphatic carbocycles. The zero-order valence-electron chi connectivity index (χ0n) is 19.5. The van der Waals surface area contributed by atoms with E-state index in [-0.39, 0.29) is 12.1 Å². The lowest BCUT2D eigenvalue weighted by Crippen LogP contribution is -2.54. The van der Waals surface area contributed by atoms with Gasteiger partial charge in [-0.25, -0.2) is 4.79 Å². The molecule has 1 atom stereocenters. The van der Waals surface area contributed by atoms with Gasteiger partial charge in [-0.05, 0) is 88.4 Å². The third-order valence-electron chi connectivity index (χ3n) is 5.65. The van der Waals surface area contributed by atoms with Crippen molar-refractivity contribution in [2.45, 2.75) is 58.3 Å². The molecule has 0 unspecified atom stereocenters. The van der Waals surface area contributed by atoms with Crippen molar-refractivity contribution in [2.24, 2.45) is 5.92 Å². The summed E-state index contributed by atoms with van der Waals surface area (Å²) in [6, 6.07) is 16.1. The van der Waals surface area contributed by atoms with Crippen LogP contribution in [-0.2, 0) is 4.74 Å². The molecule has 2 aliphatic rings. The number of rotatable bonds is 8. The average Bonchev–Trinajstić information content (AvgIpc) is 3.53. The Bertz CT molecular complexity index is 895. The van der Waals surface area contributed by atoms with Crippen LogP contribution in [0.25, 0.3) is 0 Å². The number of hydrogen-bond donors (Lipinski definition) is 1. The van der Waals surface area contributed by atoms with E-state index in [4.69, 9.17) is 14.2 Å². The number of nitrogens with one attached hydrogen (secondary N) is 1. The van der Waals surface area contributed by atoms with Crippen molar-refractivity contribution in [3.8, 4) is 11.5 Å². The number of carbonyl (C=O) groups is 1.